The maximum absolute atomic E-state index is 12.8. The lowest BCUT2D eigenvalue weighted by Crippen LogP contribution is -2.11. The van der Waals surface area contributed by atoms with Crippen LogP contribution in [0.1, 0.15) is 0 Å². The van der Waals surface area contributed by atoms with E-state index < -0.39 is 7.14 Å². The second kappa shape index (κ2) is 6.90. The summed E-state index contributed by atoms with van der Waals surface area (Å²) in [7, 11) is -0.638. The lowest BCUT2D eigenvalue weighted by molar-refractivity contribution is 0.588. The molecule has 3 aromatic rings. The average Bonchev–Trinajstić information content (AvgIpc) is 2.97. The molecular weight excluding hydrogens is 425 g/mol. The highest BCUT2D eigenvalue weighted by Crippen LogP contribution is 2.40. The predicted molar refractivity (Wildman–Crippen MR) is 106 cm³/mol. The van der Waals surface area contributed by atoms with Crippen molar-refractivity contribution in [1.29, 1.82) is 0 Å². The van der Waals surface area contributed by atoms with Gasteiger partial charge in [0.05, 0.1) is 22.2 Å². The number of nitrogens with zero attached hydrogens (tertiary/aromatic N) is 4. The van der Waals surface area contributed by atoms with E-state index in [4.69, 9.17) is 11.6 Å². The van der Waals surface area contributed by atoms with Crippen molar-refractivity contribution in [3.05, 3.63) is 46.7 Å². The van der Waals surface area contributed by atoms with E-state index in [0.717, 1.165) is 16.6 Å². The second-order valence-electron chi connectivity index (χ2n) is 5.97. The molecule has 0 atom stereocenters. The Morgan fingerprint density at radius 2 is 2.04 bits per heavy atom. The van der Waals surface area contributed by atoms with Gasteiger partial charge in [-0.05, 0) is 53.0 Å². The normalized spacial score (nSPS) is 11.6. The molecule has 130 valence electrons. The highest BCUT2D eigenvalue weighted by molar-refractivity contribution is 9.10. The fourth-order valence-corrected chi connectivity index (χ4v) is 3.95. The summed E-state index contributed by atoms with van der Waals surface area (Å²) in [5.74, 6) is 0.514. The average molecular weight is 441 g/mol. The molecule has 25 heavy (non-hydrogen) atoms. The summed E-state index contributed by atoms with van der Waals surface area (Å²) in [4.78, 5) is 12.4. The van der Waals surface area contributed by atoms with Crippen molar-refractivity contribution in [3.63, 3.8) is 0 Å². The fourth-order valence-electron chi connectivity index (χ4n) is 2.36. The van der Waals surface area contributed by atoms with Crippen molar-refractivity contribution in [2.24, 2.45) is 7.05 Å². The summed E-state index contributed by atoms with van der Waals surface area (Å²) in [5.41, 5.74) is 2.45. The maximum Gasteiger partial charge on any atom is 0.224 e. The van der Waals surface area contributed by atoms with Crippen molar-refractivity contribution in [2.75, 3.05) is 18.6 Å². The Hall–Kier alpha value is -1.69. The van der Waals surface area contributed by atoms with Crippen molar-refractivity contribution >= 4 is 51.5 Å². The summed E-state index contributed by atoms with van der Waals surface area (Å²) in [6.07, 6.45) is 5.22. The van der Waals surface area contributed by atoms with Gasteiger partial charge in [0.2, 0.25) is 5.28 Å². The lowest BCUT2D eigenvalue weighted by atomic mass is 10.1. The van der Waals surface area contributed by atoms with Gasteiger partial charge in [0.15, 0.2) is 0 Å². The molecule has 0 fully saturated rings. The molecule has 0 aliphatic rings. The Kier molecular flexibility index (Phi) is 5.00. The zero-order chi connectivity index (χ0) is 18.2. The van der Waals surface area contributed by atoms with E-state index in [1.165, 1.54) is 0 Å². The number of imidazole rings is 1. The van der Waals surface area contributed by atoms with E-state index in [0.29, 0.717) is 16.0 Å². The van der Waals surface area contributed by atoms with Crippen LogP contribution >= 0.6 is 34.7 Å². The number of benzene rings is 1. The Balaban J connectivity index is 2.07. The van der Waals surface area contributed by atoms with Crippen molar-refractivity contribution in [1.82, 2.24) is 19.5 Å². The Labute approximate surface area is 159 Å². The number of hydrogen-bond donors (Lipinski definition) is 1. The van der Waals surface area contributed by atoms with Crippen LogP contribution in [0.15, 0.2) is 41.4 Å². The molecular formula is C16H16BrClN5OP. The summed E-state index contributed by atoms with van der Waals surface area (Å²) in [6, 6.07) is 5.71. The molecule has 0 spiro atoms. The van der Waals surface area contributed by atoms with Crippen LogP contribution in [-0.4, -0.2) is 32.8 Å². The molecule has 0 bridgehead atoms. The van der Waals surface area contributed by atoms with Gasteiger partial charge >= 0.3 is 0 Å². The molecule has 0 radical (unpaired) electrons. The fraction of sp³-hybridized carbons (Fsp3) is 0.188. The third kappa shape index (κ3) is 4.11. The Morgan fingerprint density at radius 1 is 1.28 bits per heavy atom. The first-order valence-electron chi connectivity index (χ1n) is 7.37. The number of rotatable bonds is 4. The number of halogens is 2. The van der Waals surface area contributed by atoms with E-state index in [1.807, 2.05) is 36.0 Å². The largest absolute Gasteiger partial charge is 0.340 e. The highest BCUT2D eigenvalue weighted by Gasteiger charge is 2.19. The minimum absolute atomic E-state index is 0.133. The lowest BCUT2D eigenvalue weighted by Gasteiger charge is -2.16. The van der Waals surface area contributed by atoms with Crippen LogP contribution in [0, 0.1) is 0 Å². The monoisotopic (exact) mass is 439 g/mol. The van der Waals surface area contributed by atoms with E-state index in [-0.39, 0.29) is 5.28 Å². The number of aromatic nitrogens is 4. The van der Waals surface area contributed by atoms with Crippen LogP contribution in [0.25, 0.3) is 11.3 Å². The van der Waals surface area contributed by atoms with Gasteiger partial charge < -0.3 is 14.4 Å². The van der Waals surface area contributed by atoms with Gasteiger partial charge in [0.1, 0.15) is 13.0 Å². The summed E-state index contributed by atoms with van der Waals surface area (Å²) in [6.45, 7) is 3.47. The van der Waals surface area contributed by atoms with Crippen LogP contribution in [0.4, 0.5) is 11.5 Å². The third-order valence-electron chi connectivity index (χ3n) is 3.55. The molecule has 0 aliphatic heterocycles. The standard InChI is InChI=1S/C16H16BrClN5OP/c1-23-8-13(20-9-23)10-4-5-12(14(6-10)25(2,3)24)21-15-11(17)7-19-16(18)22-15/h4-9H,1-3H3,(H,19,21,22). The first-order valence-corrected chi connectivity index (χ1v) is 11.1. The molecule has 1 aromatic carbocycles. The Bertz CT molecular complexity index is 984. The molecule has 0 unspecified atom stereocenters. The summed E-state index contributed by atoms with van der Waals surface area (Å²) in [5, 5.41) is 4.04. The molecule has 2 aromatic heterocycles. The Morgan fingerprint density at radius 3 is 2.68 bits per heavy atom. The minimum atomic E-state index is -2.55. The molecule has 0 aliphatic carbocycles. The summed E-state index contributed by atoms with van der Waals surface area (Å²) < 4.78 is 15.4. The van der Waals surface area contributed by atoms with Crippen LogP contribution in [0.2, 0.25) is 5.28 Å². The molecule has 0 saturated heterocycles. The molecule has 0 amide bonds. The van der Waals surface area contributed by atoms with Crippen LogP contribution < -0.4 is 10.6 Å². The van der Waals surface area contributed by atoms with Crippen molar-refractivity contribution < 1.29 is 4.57 Å². The predicted octanol–water partition coefficient (Wildman–Crippen LogP) is 4.28. The second-order valence-corrected chi connectivity index (χ2v) is 10.3. The number of aryl methyl sites for hydroxylation is 1. The van der Waals surface area contributed by atoms with E-state index in [2.05, 4.69) is 36.2 Å². The third-order valence-corrected chi connectivity index (χ3v) is 5.84. The molecule has 0 saturated carbocycles. The molecule has 1 N–H and O–H groups in total. The zero-order valence-electron chi connectivity index (χ0n) is 13.9. The number of anilines is 2. The SMILES string of the molecule is Cn1cnc(-c2ccc(Nc3nc(Cl)ncc3Br)c(P(C)(C)=O)c2)c1. The smallest absolute Gasteiger partial charge is 0.224 e. The zero-order valence-corrected chi connectivity index (χ0v) is 17.1. The van der Waals surface area contributed by atoms with Gasteiger partial charge in [-0.3, -0.25) is 0 Å². The van der Waals surface area contributed by atoms with E-state index >= 15 is 0 Å². The van der Waals surface area contributed by atoms with Crippen molar-refractivity contribution in [3.8, 4) is 11.3 Å². The molecule has 3 rings (SSSR count). The molecule has 2 heterocycles. The van der Waals surface area contributed by atoms with Gasteiger partial charge in [-0.25, -0.2) is 9.97 Å². The topological polar surface area (TPSA) is 72.7 Å². The molecule has 9 heteroatoms. The summed E-state index contributed by atoms with van der Waals surface area (Å²) >= 11 is 9.26. The van der Waals surface area contributed by atoms with E-state index in [1.54, 1.807) is 25.9 Å². The van der Waals surface area contributed by atoms with Gasteiger partial charge in [-0.2, -0.15) is 4.98 Å². The van der Waals surface area contributed by atoms with Crippen LogP contribution in [0.3, 0.4) is 0 Å². The molecule has 6 nitrogen and oxygen atoms in total. The first-order chi connectivity index (χ1) is 11.7. The number of hydrogen-bond acceptors (Lipinski definition) is 5. The maximum atomic E-state index is 12.8. The highest BCUT2D eigenvalue weighted by atomic mass is 79.9. The van der Waals surface area contributed by atoms with Gasteiger partial charge in [-0.1, -0.05) is 6.07 Å². The van der Waals surface area contributed by atoms with E-state index in [9.17, 15) is 4.57 Å². The number of nitrogens with one attached hydrogen (secondary N) is 1. The van der Waals surface area contributed by atoms with Crippen LogP contribution in [0.5, 0.6) is 0 Å². The first kappa shape index (κ1) is 18.1. The quantitative estimate of drug-likeness (QED) is 0.484. The van der Waals surface area contributed by atoms with Crippen molar-refractivity contribution in [2.45, 2.75) is 0 Å². The van der Waals surface area contributed by atoms with Gasteiger partial charge in [0, 0.05) is 30.3 Å². The van der Waals surface area contributed by atoms with Gasteiger partial charge in [0.25, 0.3) is 0 Å². The van der Waals surface area contributed by atoms with Crippen LogP contribution in [-0.2, 0) is 11.6 Å². The van der Waals surface area contributed by atoms with Gasteiger partial charge in [-0.15, -0.1) is 0 Å². The minimum Gasteiger partial charge on any atom is -0.340 e.